The maximum Gasteiger partial charge on any atom is 0.0593 e. The molecule has 2 aromatic carbocycles. The lowest BCUT2D eigenvalue weighted by molar-refractivity contribution is 0.579. The molecule has 0 aliphatic carbocycles. The lowest BCUT2D eigenvalue weighted by Crippen LogP contribution is -2.20. The van der Waals surface area contributed by atoms with Gasteiger partial charge in [0.25, 0.3) is 0 Å². The molecule has 0 aliphatic rings. The summed E-state index contributed by atoms with van der Waals surface area (Å²) in [5.74, 6) is 3.41. The Bertz CT molecular complexity index is 630. The van der Waals surface area contributed by atoms with Crippen molar-refractivity contribution in [2.24, 2.45) is 0 Å². The molecule has 135 valence electrons. The molecule has 0 nitrogen and oxygen atoms in total. The van der Waals surface area contributed by atoms with Gasteiger partial charge in [-0.2, -0.15) is 0 Å². The van der Waals surface area contributed by atoms with E-state index in [1.807, 2.05) is 12.1 Å². The van der Waals surface area contributed by atoms with Crippen molar-refractivity contribution in [3.63, 3.8) is 0 Å². The third-order valence-corrected chi connectivity index (χ3v) is 7.47. The molecule has 0 aliphatic heterocycles. The summed E-state index contributed by atoms with van der Waals surface area (Å²) in [6, 6.07) is 20.8. The second-order valence-electron chi connectivity index (χ2n) is 6.91. The zero-order valence-corrected chi connectivity index (χ0v) is 17.1. The van der Waals surface area contributed by atoms with Crippen LogP contribution in [-0.2, 0) is 0 Å². The fraction of sp³-hybridized carbons (Fsp3) is 0.417. The summed E-state index contributed by atoms with van der Waals surface area (Å²) in [5.41, 5.74) is 3.49. The van der Waals surface area contributed by atoms with Crippen molar-refractivity contribution in [3.05, 3.63) is 60.7 Å². The molecule has 0 saturated heterocycles. The molecule has 26 heavy (non-hydrogen) atoms. The van der Waals surface area contributed by atoms with E-state index in [-0.39, 0.29) is 0 Å². The largest absolute Gasteiger partial charge is 0.273 e. The molecule has 2 rings (SSSR count). The van der Waals surface area contributed by atoms with Crippen LogP contribution in [0.5, 0.6) is 0 Å². The maximum atomic E-state index is 6.89. The van der Waals surface area contributed by atoms with Crippen LogP contribution in [0.4, 0.5) is 0 Å². The van der Waals surface area contributed by atoms with E-state index in [1.54, 1.807) is 0 Å². The van der Waals surface area contributed by atoms with Crippen LogP contribution < -0.4 is 10.6 Å². The summed E-state index contributed by atoms with van der Waals surface area (Å²) in [4.78, 5) is 0. The van der Waals surface area contributed by atoms with E-state index in [0.29, 0.717) is 0 Å². The molecule has 2 heteroatoms. The number of hydrogen-bond acceptors (Lipinski definition) is 0. The van der Waals surface area contributed by atoms with Gasteiger partial charge >= 0.3 is 0 Å². The molecule has 0 aromatic heterocycles. The van der Waals surface area contributed by atoms with Crippen LogP contribution in [0.15, 0.2) is 60.7 Å². The first kappa shape index (κ1) is 20.8. The minimum Gasteiger partial charge on any atom is -0.273 e. The predicted molar refractivity (Wildman–Crippen MR) is 120 cm³/mol. The van der Waals surface area contributed by atoms with Gasteiger partial charge in [-0.25, -0.2) is 0 Å². The van der Waals surface area contributed by atoms with Crippen molar-refractivity contribution >= 4 is 25.3 Å². The highest BCUT2D eigenvalue weighted by Gasteiger charge is 2.22. The van der Waals surface area contributed by atoms with Gasteiger partial charge in [-0.3, -0.25) is 7.57 Å². The van der Waals surface area contributed by atoms with E-state index in [9.17, 15) is 0 Å². The minimum absolute atomic E-state index is 0.952. The van der Waals surface area contributed by atoms with E-state index in [1.165, 1.54) is 51.4 Å². The van der Waals surface area contributed by atoms with Crippen molar-refractivity contribution in [3.8, 4) is 11.6 Å². The van der Waals surface area contributed by atoms with Gasteiger partial charge in [0.15, 0.2) is 0 Å². The van der Waals surface area contributed by atoms with Gasteiger partial charge in [-0.15, -0.1) is 7.14 Å². The molecule has 2 aromatic rings. The zero-order valence-electron chi connectivity index (χ0n) is 16.2. The summed E-state index contributed by atoms with van der Waals surface area (Å²) in [5, 5.41) is 2.32. The van der Waals surface area contributed by atoms with Crippen LogP contribution in [-0.4, -0.2) is 7.57 Å². The fourth-order valence-electron chi connectivity index (χ4n) is 3.13. The molecular formula is C24H31BP. The molecule has 0 spiro atoms. The van der Waals surface area contributed by atoms with Crippen molar-refractivity contribution in [2.45, 2.75) is 64.7 Å². The van der Waals surface area contributed by atoms with Crippen molar-refractivity contribution < 1.29 is 0 Å². The van der Waals surface area contributed by atoms with Gasteiger partial charge in [0.05, 0.1) is 10.6 Å². The number of rotatable bonds is 10. The second kappa shape index (κ2) is 12.0. The molecule has 0 bridgehead atoms. The molecule has 0 atom stereocenters. The summed E-state index contributed by atoms with van der Waals surface area (Å²) >= 11 is 0. The van der Waals surface area contributed by atoms with E-state index in [2.05, 4.69) is 67.0 Å². The standard InChI is InChI=1S/C24H31BP/c1-2-3-4-5-6-7-8-9-10-17-22-26(25,23-18-13-11-14-19-23)24-20-15-12-16-21-24/h11-16,18-21H,2-10H2,1H3. The summed E-state index contributed by atoms with van der Waals surface area (Å²) in [7, 11) is 4.78. The Morgan fingerprint density at radius 2 is 1.15 bits per heavy atom. The lowest BCUT2D eigenvalue weighted by Gasteiger charge is -2.29. The average Bonchev–Trinajstić information content (AvgIpc) is 2.70. The Hall–Kier alpha value is -1.51. The summed E-state index contributed by atoms with van der Waals surface area (Å²) in [6.07, 6.45) is 11.6. The number of benzene rings is 2. The van der Waals surface area contributed by atoms with Crippen molar-refractivity contribution in [2.75, 3.05) is 0 Å². The second-order valence-corrected chi connectivity index (χ2v) is 9.61. The monoisotopic (exact) mass is 361 g/mol. The Kier molecular flexibility index (Phi) is 9.59. The van der Waals surface area contributed by atoms with Crippen LogP contribution in [0, 0.1) is 11.6 Å². The molecule has 3 radical (unpaired) electrons. The van der Waals surface area contributed by atoms with E-state index >= 15 is 0 Å². The topological polar surface area (TPSA) is 0 Å². The van der Waals surface area contributed by atoms with Crippen LogP contribution in [0.2, 0.25) is 0 Å². The molecule has 0 amide bonds. The summed E-state index contributed by atoms with van der Waals surface area (Å²) in [6.45, 7) is 2.27. The fourth-order valence-corrected chi connectivity index (χ4v) is 5.33. The van der Waals surface area contributed by atoms with Gasteiger partial charge < -0.3 is 0 Å². The van der Waals surface area contributed by atoms with Gasteiger partial charge in [0, 0.05) is 12.1 Å². The van der Waals surface area contributed by atoms with E-state index < -0.39 is 7.14 Å². The van der Waals surface area contributed by atoms with Gasteiger partial charge in [0.2, 0.25) is 0 Å². The number of unbranched alkanes of at least 4 members (excludes halogenated alkanes) is 8. The van der Waals surface area contributed by atoms with Gasteiger partial charge in [-0.05, 0) is 30.7 Å². The molecule has 0 unspecified atom stereocenters. The summed E-state index contributed by atoms with van der Waals surface area (Å²) < 4.78 is 0. The highest BCUT2D eigenvalue weighted by atomic mass is 31.2. The normalized spacial score (nSPS) is 11.0. The highest BCUT2D eigenvalue weighted by molar-refractivity contribution is 8.12. The van der Waals surface area contributed by atoms with Crippen LogP contribution in [0.3, 0.4) is 0 Å². The average molecular weight is 361 g/mol. The Balaban J connectivity index is 1.90. The highest BCUT2D eigenvalue weighted by Crippen LogP contribution is 2.50. The van der Waals surface area contributed by atoms with Gasteiger partial charge in [0.1, 0.15) is 0 Å². The quantitative estimate of drug-likeness (QED) is 0.204. The third-order valence-electron chi connectivity index (χ3n) is 4.74. The molecule has 0 fully saturated rings. The van der Waals surface area contributed by atoms with Gasteiger partial charge in [-0.1, -0.05) is 94.2 Å². The first-order valence-corrected chi connectivity index (χ1v) is 11.9. The van der Waals surface area contributed by atoms with E-state index in [4.69, 9.17) is 7.57 Å². The Morgan fingerprint density at radius 3 is 1.65 bits per heavy atom. The first-order chi connectivity index (χ1) is 12.8. The SMILES string of the molecule is [B-][P+](C#CCCCCCCCCCC)(c1ccccc1)c1ccccc1. The molecule has 0 heterocycles. The van der Waals surface area contributed by atoms with Crippen molar-refractivity contribution in [1.82, 2.24) is 0 Å². The Labute approximate surface area is 162 Å². The van der Waals surface area contributed by atoms with E-state index in [0.717, 1.165) is 17.0 Å². The minimum atomic E-state index is -2.11. The van der Waals surface area contributed by atoms with Crippen LogP contribution in [0.1, 0.15) is 64.7 Å². The Morgan fingerprint density at radius 1 is 0.692 bits per heavy atom. The third kappa shape index (κ3) is 6.66. The lowest BCUT2D eigenvalue weighted by atomic mass is 10.1. The number of hydrogen-bond donors (Lipinski definition) is 0. The maximum absolute atomic E-state index is 6.89. The first-order valence-electron chi connectivity index (χ1n) is 10.1. The zero-order chi connectivity index (χ0) is 18.5. The van der Waals surface area contributed by atoms with Crippen molar-refractivity contribution in [1.29, 1.82) is 0 Å². The van der Waals surface area contributed by atoms with Crippen LogP contribution >= 0.6 is 7.14 Å². The molecule has 0 saturated carbocycles. The predicted octanol–water partition coefficient (Wildman–Crippen LogP) is 6.23. The molecular weight excluding hydrogens is 330 g/mol. The smallest absolute Gasteiger partial charge is 0.0593 e. The molecule has 0 N–H and O–H groups in total. The van der Waals surface area contributed by atoms with Crippen LogP contribution in [0.25, 0.3) is 0 Å².